The first kappa shape index (κ1) is 17.3. The van der Waals surface area contributed by atoms with Crippen molar-refractivity contribution in [3.63, 3.8) is 0 Å². The second kappa shape index (κ2) is 7.88. The third-order valence-electron chi connectivity index (χ3n) is 4.11. The van der Waals surface area contributed by atoms with Gasteiger partial charge in [0.15, 0.2) is 0 Å². The van der Waals surface area contributed by atoms with Crippen LogP contribution in [0.5, 0.6) is 11.5 Å². The van der Waals surface area contributed by atoms with E-state index in [0.717, 1.165) is 12.8 Å². The van der Waals surface area contributed by atoms with Crippen molar-refractivity contribution in [3.8, 4) is 11.5 Å². The number of hydrogen-bond donors (Lipinski definition) is 2. The molecular formula is C16H25NO4. The topological polar surface area (TPSA) is 67.8 Å². The lowest BCUT2D eigenvalue weighted by atomic mass is 9.83. The zero-order valence-corrected chi connectivity index (χ0v) is 13.2. The third-order valence-corrected chi connectivity index (χ3v) is 4.11. The lowest BCUT2D eigenvalue weighted by Crippen LogP contribution is -2.39. The minimum Gasteiger partial charge on any atom is -0.497 e. The molecule has 1 aromatic rings. The van der Waals surface area contributed by atoms with E-state index in [-0.39, 0.29) is 17.9 Å². The van der Waals surface area contributed by atoms with Crippen molar-refractivity contribution >= 4 is 5.91 Å². The van der Waals surface area contributed by atoms with Crippen LogP contribution in [0.25, 0.3) is 0 Å². The molecule has 0 unspecified atom stereocenters. The molecule has 0 aliphatic heterocycles. The van der Waals surface area contributed by atoms with E-state index < -0.39 is 0 Å². The highest BCUT2D eigenvalue weighted by atomic mass is 16.5. The molecule has 1 aromatic carbocycles. The number of aliphatic hydroxyl groups excluding tert-OH is 1. The van der Waals surface area contributed by atoms with Gasteiger partial charge < -0.3 is 19.9 Å². The molecule has 0 aliphatic carbocycles. The molecule has 0 atom stereocenters. The summed E-state index contributed by atoms with van der Waals surface area (Å²) in [6, 6.07) is 5.09. The minimum absolute atomic E-state index is 0.0511. The molecule has 118 valence electrons. The number of hydrogen-bond acceptors (Lipinski definition) is 4. The van der Waals surface area contributed by atoms with E-state index in [9.17, 15) is 9.90 Å². The first-order valence-electron chi connectivity index (χ1n) is 7.17. The number of nitrogens with one attached hydrogen (secondary N) is 1. The molecule has 0 fully saturated rings. The van der Waals surface area contributed by atoms with Gasteiger partial charge in [-0.3, -0.25) is 4.79 Å². The zero-order valence-electron chi connectivity index (χ0n) is 13.2. The summed E-state index contributed by atoms with van der Waals surface area (Å²) in [6.45, 7) is 4.50. The van der Waals surface area contributed by atoms with Gasteiger partial charge in [0.1, 0.15) is 11.5 Å². The standard InChI is InChI=1S/C16H25NO4/c1-5-16(6-2,11-18)10-17-15(19)13-9-12(20-3)7-8-14(13)21-4/h7-9,18H,5-6,10-11H2,1-4H3,(H,17,19). The predicted octanol–water partition coefficient (Wildman–Crippen LogP) is 2.23. The minimum atomic E-state index is -0.276. The smallest absolute Gasteiger partial charge is 0.255 e. The summed E-state index contributed by atoms with van der Waals surface area (Å²) < 4.78 is 10.3. The van der Waals surface area contributed by atoms with Gasteiger partial charge in [-0.15, -0.1) is 0 Å². The SMILES string of the molecule is CCC(CC)(CO)CNC(=O)c1cc(OC)ccc1OC. The summed E-state index contributed by atoms with van der Waals surface area (Å²) in [5.74, 6) is 0.863. The van der Waals surface area contributed by atoms with Crippen molar-refractivity contribution in [1.82, 2.24) is 5.32 Å². The number of amides is 1. The number of rotatable bonds is 8. The highest BCUT2D eigenvalue weighted by molar-refractivity contribution is 5.97. The van der Waals surface area contributed by atoms with E-state index in [0.29, 0.717) is 23.6 Å². The molecule has 0 aliphatic rings. The van der Waals surface area contributed by atoms with Gasteiger partial charge in [0.2, 0.25) is 0 Å². The van der Waals surface area contributed by atoms with E-state index in [2.05, 4.69) is 5.32 Å². The van der Waals surface area contributed by atoms with E-state index >= 15 is 0 Å². The van der Waals surface area contributed by atoms with Crippen molar-refractivity contribution in [2.75, 3.05) is 27.4 Å². The molecule has 0 radical (unpaired) electrons. The Morgan fingerprint density at radius 3 is 2.38 bits per heavy atom. The quantitative estimate of drug-likeness (QED) is 0.772. The second-order valence-electron chi connectivity index (χ2n) is 5.11. The van der Waals surface area contributed by atoms with Crippen LogP contribution in [0.3, 0.4) is 0 Å². The van der Waals surface area contributed by atoms with Crippen LogP contribution < -0.4 is 14.8 Å². The molecule has 5 heteroatoms. The van der Waals surface area contributed by atoms with Crippen molar-refractivity contribution in [2.45, 2.75) is 26.7 Å². The van der Waals surface area contributed by atoms with Crippen LogP contribution in [0, 0.1) is 5.41 Å². The Morgan fingerprint density at radius 1 is 1.24 bits per heavy atom. The van der Waals surface area contributed by atoms with Crippen LogP contribution >= 0.6 is 0 Å². The Kier molecular flexibility index (Phi) is 6.49. The molecule has 0 aromatic heterocycles. The molecule has 1 rings (SSSR count). The van der Waals surface area contributed by atoms with Gasteiger partial charge in [0.05, 0.1) is 26.4 Å². The molecule has 0 spiro atoms. The summed E-state index contributed by atoms with van der Waals surface area (Å²) in [5.41, 5.74) is 0.151. The van der Waals surface area contributed by atoms with Crippen LogP contribution in [-0.4, -0.2) is 38.4 Å². The number of aliphatic hydroxyl groups is 1. The maximum absolute atomic E-state index is 12.4. The van der Waals surface area contributed by atoms with Gasteiger partial charge in [-0.05, 0) is 31.0 Å². The number of benzene rings is 1. The average molecular weight is 295 g/mol. The van der Waals surface area contributed by atoms with Gasteiger partial charge in [-0.1, -0.05) is 13.8 Å². The predicted molar refractivity (Wildman–Crippen MR) is 82.0 cm³/mol. The Balaban J connectivity index is 2.88. The Morgan fingerprint density at radius 2 is 1.90 bits per heavy atom. The summed E-state index contributed by atoms with van der Waals surface area (Å²) in [4.78, 5) is 12.4. The summed E-state index contributed by atoms with van der Waals surface area (Å²) in [6.07, 6.45) is 1.60. The Labute approximate surface area is 126 Å². The second-order valence-corrected chi connectivity index (χ2v) is 5.11. The van der Waals surface area contributed by atoms with Gasteiger partial charge >= 0.3 is 0 Å². The number of carbonyl (C=O) groups is 1. The van der Waals surface area contributed by atoms with Crippen molar-refractivity contribution in [2.24, 2.45) is 5.41 Å². The molecule has 0 bridgehead atoms. The number of ether oxygens (including phenoxy) is 2. The van der Waals surface area contributed by atoms with Gasteiger partial charge in [0.25, 0.3) is 5.91 Å². The van der Waals surface area contributed by atoms with Crippen molar-refractivity contribution in [3.05, 3.63) is 23.8 Å². The first-order valence-corrected chi connectivity index (χ1v) is 7.17. The van der Waals surface area contributed by atoms with E-state index in [4.69, 9.17) is 9.47 Å². The molecule has 1 amide bonds. The number of carbonyl (C=O) groups excluding carboxylic acids is 1. The number of methoxy groups -OCH3 is 2. The fourth-order valence-electron chi connectivity index (χ4n) is 2.13. The Bertz CT molecular complexity index is 461. The van der Waals surface area contributed by atoms with Crippen LogP contribution in [0.1, 0.15) is 37.0 Å². The summed E-state index contributed by atoms with van der Waals surface area (Å²) >= 11 is 0. The molecule has 0 saturated heterocycles. The van der Waals surface area contributed by atoms with Crippen LogP contribution in [0.4, 0.5) is 0 Å². The van der Waals surface area contributed by atoms with E-state index in [1.54, 1.807) is 25.3 Å². The van der Waals surface area contributed by atoms with E-state index in [1.165, 1.54) is 7.11 Å². The van der Waals surface area contributed by atoms with Gasteiger partial charge in [-0.2, -0.15) is 0 Å². The zero-order chi connectivity index (χ0) is 15.9. The summed E-state index contributed by atoms with van der Waals surface area (Å²) in [7, 11) is 3.07. The monoisotopic (exact) mass is 295 g/mol. The Hall–Kier alpha value is -1.75. The fraction of sp³-hybridized carbons (Fsp3) is 0.562. The van der Waals surface area contributed by atoms with Gasteiger partial charge in [-0.25, -0.2) is 0 Å². The molecule has 5 nitrogen and oxygen atoms in total. The lowest BCUT2D eigenvalue weighted by Gasteiger charge is -2.29. The molecule has 21 heavy (non-hydrogen) atoms. The lowest BCUT2D eigenvalue weighted by molar-refractivity contribution is 0.0848. The van der Waals surface area contributed by atoms with E-state index in [1.807, 2.05) is 13.8 Å². The van der Waals surface area contributed by atoms with Crippen molar-refractivity contribution in [1.29, 1.82) is 0 Å². The third kappa shape index (κ3) is 4.11. The molecule has 0 heterocycles. The molecule has 0 saturated carbocycles. The molecule has 2 N–H and O–H groups in total. The highest BCUT2D eigenvalue weighted by Gasteiger charge is 2.26. The van der Waals surface area contributed by atoms with Crippen LogP contribution in [-0.2, 0) is 0 Å². The highest BCUT2D eigenvalue weighted by Crippen LogP contribution is 2.26. The van der Waals surface area contributed by atoms with Crippen LogP contribution in [0.2, 0.25) is 0 Å². The fourth-order valence-corrected chi connectivity index (χ4v) is 2.13. The largest absolute Gasteiger partial charge is 0.497 e. The van der Waals surface area contributed by atoms with Gasteiger partial charge in [0, 0.05) is 12.0 Å². The maximum atomic E-state index is 12.4. The average Bonchev–Trinajstić information content (AvgIpc) is 2.55. The first-order chi connectivity index (χ1) is 10.1. The maximum Gasteiger partial charge on any atom is 0.255 e. The molecular weight excluding hydrogens is 270 g/mol. The van der Waals surface area contributed by atoms with Crippen LogP contribution in [0.15, 0.2) is 18.2 Å². The normalized spacial score (nSPS) is 11.1. The van der Waals surface area contributed by atoms with Crippen molar-refractivity contribution < 1.29 is 19.4 Å². The summed E-state index contributed by atoms with van der Waals surface area (Å²) in [5, 5.41) is 12.4.